The highest BCUT2D eigenvalue weighted by molar-refractivity contribution is 6.30. The molecule has 28 heavy (non-hydrogen) atoms. The van der Waals surface area contributed by atoms with Crippen molar-refractivity contribution < 1.29 is 9.53 Å². The van der Waals surface area contributed by atoms with Gasteiger partial charge in [0, 0.05) is 18.2 Å². The van der Waals surface area contributed by atoms with Crippen molar-refractivity contribution in [1.29, 1.82) is 0 Å². The number of carbonyl (C=O) groups is 1. The van der Waals surface area contributed by atoms with E-state index >= 15 is 0 Å². The van der Waals surface area contributed by atoms with Crippen LogP contribution in [0.15, 0.2) is 71.8 Å². The van der Waals surface area contributed by atoms with Crippen LogP contribution >= 0.6 is 11.6 Å². The van der Waals surface area contributed by atoms with Crippen molar-refractivity contribution in [3.8, 4) is 0 Å². The molecule has 3 rings (SSSR count). The zero-order valence-electron chi connectivity index (χ0n) is 15.3. The maximum atomic E-state index is 12.6. The fourth-order valence-electron chi connectivity index (χ4n) is 2.83. The number of ether oxygens (including phenoxy) is 1. The third-order valence-electron chi connectivity index (χ3n) is 4.18. The van der Waals surface area contributed by atoms with Gasteiger partial charge in [0.1, 0.15) is 6.54 Å². The molecule has 0 saturated carbocycles. The second-order valence-electron chi connectivity index (χ2n) is 6.24. The molecule has 0 radical (unpaired) electrons. The number of nitrogens with one attached hydrogen (secondary N) is 1. The van der Waals surface area contributed by atoms with Gasteiger partial charge in [0.25, 0.3) is 5.56 Å². The number of rotatable bonds is 7. The average Bonchev–Trinajstić information content (AvgIpc) is 2.70. The molecule has 6 nitrogen and oxygen atoms in total. The summed E-state index contributed by atoms with van der Waals surface area (Å²) >= 11 is 5.99. The lowest BCUT2D eigenvalue weighted by Gasteiger charge is -2.20. The van der Waals surface area contributed by atoms with Crippen LogP contribution < -0.4 is 10.9 Å². The molecule has 0 saturated heterocycles. The Kier molecular flexibility index (Phi) is 6.57. The Morgan fingerprint density at radius 1 is 1.14 bits per heavy atom. The van der Waals surface area contributed by atoms with Gasteiger partial charge in [0.2, 0.25) is 5.91 Å². The van der Waals surface area contributed by atoms with Crippen LogP contribution in [0.2, 0.25) is 5.02 Å². The van der Waals surface area contributed by atoms with E-state index in [1.807, 2.05) is 42.5 Å². The van der Waals surface area contributed by atoms with Crippen LogP contribution in [0, 0.1) is 0 Å². The fourth-order valence-corrected chi connectivity index (χ4v) is 2.96. The van der Waals surface area contributed by atoms with Gasteiger partial charge in [-0.15, -0.1) is 0 Å². The number of halogens is 1. The summed E-state index contributed by atoms with van der Waals surface area (Å²) in [6, 6.07) is 17.9. The van der Waals surface area contributed by atoms with Gasteiger partial charge in [-0.25, -0.2) is 4.98 Å². The molecule has 7 heteroatoms. The molecule has 0 aliphatic carbocycles. The van der Waals surface area contributed by atoms with E-state index in [4.69, 9.17) is 16.3 Å². The van der Waals surface area contributed by atoms with Gasteiger partial charge in [-0.1, -0.05) is 54.1 Å². The molecule has 1 atom stereocenters. The molecule has 1 N–H and O–H groups in total. The van der Waals surface area contributed by atoms with Crippen molar-refractivity contribution >= 4 is 17.5 Å². The van der Waals surface area contributed by atoms with Crippen molar-refractivity contribution in [2.75, 3.05) is 7.11 Å². The van der Waals surface area contributed by atoms with E-state index in [2.05, 4.69) is 10.3 Å². The number of hydrogen-bond acceptors (Lipinski definition) is 4. The largest absolute Gasteiger partial charge is 0.378 e. The summed E-state index contributed by atoms with van der Waals surface area (Å²) < 4.78 is 6.23. The number of methoxy groups -OCH3 is 1. The Labute approximate surface area is 167 Å². The molecule has 0 fully saturated rings. The summed E-state index contributed by atoms with van der Waals surface area (Å²) in [5.41, 5.74) is 2.04. The first-order valence-electron chi connectivity index (χ1n) is 8.71. The van der Waals surface area contributed by atoms with Gasteiger partial charge in [0.05, 0.1) is 24.7 Å². The summed E-state index contributed by atoms with van der Waals surface area (Å²) in [5, 5.41) is 3.61. The summed E-state index contributed by atoms with van der Waals surface area (Å²) in [6.45, 7) is 0.116. The summed E-state index contributed by atoms with van der Waals surface area (Å²) in [7, 11) is 1.53. The Morgan fingerprint density at radius 2 is 1.82 bits per heavy atom. The Hall–Kier alpha value is -2.96. The van der Waals surface area contributed by atoms with E-state index in [0.29, 0.717) is 10.7 Å². The third-order valence-corrected chi connectivity index (χ3v) is 4.44. The zero-order valence-corrected chi connectivity index (χ0v) is 16.1. The summed E-state index contributed by atoms with van der Waals surface area (Å²) in [6.07, 6.45) is 1.36. The van der Waals surface area contributed by atoms with Crippen LogP contribution in [0.25, 0.3) is 0 Å². The minimum atomic E-state index is -0.359. The highest BCUT2D eigenvalue weighted by atomic mass is 35.5. The molecule has 1 amide bonds. The topological polar surface area (TPSA) is 73.2 Å². The van der Waals surface area contributed by atoms with E-state index in [1.165, 1.54) is 24.1 Å². The molecular formula is C21H20ClN3O3. The zero-order chi connectivity index (χ0) is 19.9. The van der Waals surface area contributed by atoms with Crippen molar-refractivity contribution in [2.45, 2.75) is 19.2 Å². The van der Waals surface area contributed by atoms with Gasteiger partial charge < -0.3 is 10.1 Å². The van der Waals surface area contributed by atoms with Gasteiger partial charge in [-0.3, -0.25) is 14.2 Å². The molecule has 1 heterocycles. The third kappa shape index (κ3) is 5.06. The smallest absolute Gasteiger partial charge is 0.254 e. The number of hydrogen-bond donors (Lipinski definition) is 1. The standard InChI is InChI=1S/C21H20ClN3O3/c1-28-13-18-11-20(27)25(14-23-18)12-19(26)24-21(15-5-3-2-4-6-15)16-7-9-17(22)10-8-16/h2-11,14,21H,12-13H2,1H3,(H,24,26). The van der Waals surface area contributed by atoms with Gasteiger partial charge in [0.15, 0.2) is 0 Å². The van der Waals surface area contributed by atoms with E-state index in [-0.39, 0.29) is 30.7 Å². The Morgan fingerprint density at radius 3 is 2.46 bits per heavy atom. The van der Waals surface area contributed by atoms with Crippen molar-refractivity contribution in [3.05, 3.63) is 99.2 Å². The minimum Gasteiger partial charge on any atom is -0.378 e. The first-order chi connectivity index (χ1) is 13.6. The van der Waals surface area contributed by atoms with Crippen LogP contribution in [-0.4, -0.2) is 22.6 Å². The minimum absolute atomic E-state index is 0.129. The SMILES string of the molecule is COCc1cc(=O)n(CC(=O)NC(c2ccccc2)c2ccc(Cl)cc2)cn1. The van der Waals surface area contributed by atoms with E-state index in [1.54, 1.807) is 12.1 Å². The summed E-state index contributed by atoms with van der Waals surface area (Å²) in [4.78, 5) is 29.0. The Bertz CT molecular complexity index is 988. The van der Waals surface area contributed by atoms with E-state index in [9.17, 15) is 9.59 Å². The number of carbonyl (C=O) groups excluding carboxylic acids is 1. The van der Waals surface area contributed by atoms with Crippen LogP contribution in [0.1, 0.15) is 22.9 Å². The number of nitrogens with zero attached hydrogens (tertiary/aromatic N) is 2. The molecule has 0 aliphatic rings. The molecule has 3 aromatic rings. The van der Waals surface area contributed by atoms with Crippen molar-refractivity contribution in [1.82, 2.24) is 14.9 Å². The lowest BCUT2D eigenvalue weighted by atomic mass is 9.98. The predicted octanol–water partition coefficient (Wildman–Crippen LogP) is 2.95. The lowest BCUT2D eigenvalue weighted by Crippen LogP contribution is -2.35. The summed E-state index contributed by atoms with van der Waals surface area (Å²) in [5.74, 6) is -0.299. The van der Waals surface area contributed by atoms with Gasteiger partial charge >= 0.3 is 0 Å². The van der Waals surface area contributed by atoms with Gasteiger partial charge in [-0.2, -0.15) is 0 Å². The second kappa shape index (κ2) is 9.30. The Balaban J connectivity index is 1.80. The molecule has 1 unspecified atom stereocenters. The highest BCUT2D eigenvalue weighted by Crippen LogP contribution is 2.23. The molecule has 0 aliphatic heterocycles. The normalized spacial score (nSPS) is 11.8. The second-order valence-corrected chi connectivity index (χ2v) is 6.68. The molecule has 0 bridgehead atoms. The van der Waals surface area contributed by atoms with Crippen LogP contribution in [-0.2, 0) is 22.7 Å². The quantitative estimate of drug-likeness (QED) is 0.665. The lowest BCUT2D eigenvalue weighted by molar-refractivity contribution is -0.122. The highest BCUT2D eigenvalue weighted by Gasteiger charge is 2.17. The van der Waals surface area contributed by atoms with Crippen LogP contribution in [0.3, 0.4) is 0 Å². The van der Waals surface area contributed by atoms with Crippen LogP contribution in [0.4, 0.5) is 0 Å². The fraction of sp³-hybridized carbons (Fsp3) is 0.190. The predicted molar refractivity (Wildman–Crippen MR) is 107 cm³/mol. The van der Waals surface area contributed by atoms with Crippen LogP contribution in [0.5, 0.6) is 0 Å². The number of amides is 1. The molecule has 144 valence electrons. The van der Waals surface area contributed by atoms with Crippen molar-refractivity contribution in [2.24, 2.45) is 0 Å². The first kappa shape index (κ1) is 19.8. The first-order valence-corrected chi connectivity index (χ1v) is 9.08. The average molecular weight is 398 g/mol. The maximum Gasteiger partial charge on any atom is 0.254 e. The maximum absolute atomic E-state index is 12.6. The number of benzene rings is 2. The van der Waals surface area contributed by atoms with Gasteiger partial charge in [-0.05, 0) is 23.3 Å². The number of aromatic nitrogens is 2. The monoisotopic (exact) mass is 397 g/mol. The van der Waals surface area contributed by atoms with E-state index in [0.717, 1.165) is 11.1 Å². The molecule has 0 spiro atoms. The molecular weight excluding hydrogens is 378 g/mol. The van der Waals surface area contributed by atoms with Crippen molar-refractivity contribution in [3.63, 3.8) is 0 Å². The van der Waals surface area contributed by atoms with E-state index < -0.39 is 0 Å². The molecule has 1 aromatic heterocycles. The molecule has 2 aromatic carbocycles.